The SMILES string of the molecule is COc1cccc(-c2noc(CN(C)C(=O)COc3ccccc3Cl)n2)c1. The quantitative estimate of drug-likeness (QED) is 0.618. The zero-order chi connectivity index (χ0) is 19.2. The van der Waals surface area contributed by atoms with Crippen LogP contribution in [0.3, 0.4) is 0 Å². The zero-order valence-electron chi connectivity index (χ0n) is 14.9. The molecular weight excluding hydrogens is 370 g/mol. The highest BCUT2D eigenvalue weighted by molar-refractivity contribution is 6.32. The molecule has 7 nitrogen and oxygen atoms in total. The first-order chi connectivity index (χ1) is 13.1. The minimum absolute atomic E-state index is 0.142. The minimum atomic E-state index is -0.240. The van der Waals surface area contributed by atoms with Crippen molar-refractivity contribution in [3.8, 4) is 22.9 Å². The number of methoxy groups -OCH3 is 1. The summed E-state index contributed by atoms with van der Waals surface area (Å²) in [5, 5.41) is 4.40. The Morgan fingerprint density at radius 2 is 2.04 bits per heavy atom. The first-order valence-electron chi connectivity index (χ1n) is 8.15. The van der Waals surface area contributed by atoms with Crippen LogP contribution in [-0.4, -0.2) is 41.7 Å². The van der Waals surface area contributed by atoms with Crippen LogP contribution in [0.25, 0.3) is 11.4 Å². The predicted octanol–water partition coefficient (Wildman–Crippen LogP) is 3.44. The smallest absolute Gasteiger partial charge is 0.260 e. The molecule has 8 heteroatoms. The number of likely N-dealkylation sites (N-methyl/N-ethyl adjacent to an activating group) is 1. The number of amides is 1. The van der Waals surface area contributed by atoms with Gasteiger partial charge in [-0.25, -0.2) is 0 Å². The summed E-state index contributed by atoms with van der Waals surface area (Å²) in [4.78, 5) is 18.0. The summed E-state index contributed by atoms with van der Waals surface area (Å²) >= 11 is 6.01. The number of ether oxygens (including phenoxy) is 2. The van der Waals surface area contributed by atoms with Crippen LogP contribution in [0.1, 0.15) is 5.89 Å². The summed E-state index contributed by atoms with van der Waals surface area (Å²) in [7, 11) is 3.22. The predicted molar refractivity (Wildman–Crippen MR) is 99.7 cm³/mol. The number of halogens is 1. The summed E-state index contributed by atoms with van der Waals surface area (Å²) in [6.45, 7) is 0.0266. The van der Waals surface area contributed by atoms with Crippen LogP contribution in [-0.2, 0) is 11.3 Å². The van der Waals surface area contributed by atoms with Crippen molar-refractivity contribution >= 4 is 17.5 Å². The molecule has 2 aromatic carbocycles. The number of aromatic nitrogens is 2. The third-order valence-corrected chi connectivity index (χ3v) is 4.09. The van der Waals surface area contributed by atoms with Gasteiger partial charge in [0.1, 0.15) is 11.5 Å². The van der Waals surface area contributed by atoms with E-state index >= 15 is 0 Å². The third-order valence-electron chi connectivity index (χ3n) is 3.78. The van der Waals surface area contributed by atoms with Crippen LogP contribution in [0.15, 0.2) is 53.1 Å². The monoisotopic (exact) mass is 387 g/mol. The van der Waals surface area contributed by atoms with Crippen molar-refractivity contribution in [2.24, 2.45) is 0 Å². The van der Waals surface area contributed by atoms with Crippen LogP contribution < -0.4 is 9.47 Å². The average molecular weight is 388 g/mol. The molecule has 0 aliphatic rings. The highest BCUT2D eigenvalue weighted by atomic mass is 35.5. The number of benzene rings is 2. The van der Waals surface area contributed by atoms with Crippen molar-refractivity contribution in [1.82, 2.24) is 15.0 Å². The second-order valence-corrected chi connectivity index (χ2v) is 6.12. The van der Waals surface area contributed by atoms with E-state index in [1.54, 1.807) is 44.5 Å². The average Bonchev–Trinajstić information content (AvgIpc) is 3.15. The van der Waals surface area contributed by atoms with E-state index in [1.807, 2.05) is 18.2 Å². The number of carbonyl (C=O) groups excluding carboxylic acids is 1. The van der Waals surface area contributed by atoms with E-state index < -0.39 is 0 Å². The molecule has 0 fully saturated rings. The third kappa shape index (κ3) is 4.77. The Labute approximate surface area is 161 Å². The summed E-state index contributed by atoms with van der Waals surface area (Å²) < 4.78 is 15.9. The maximum Gasteiger partial charge on any atom is 0.260 e. The van der Waals surface area contributed by atoms with Gasteiger partial charge in [-0.15, -0.1) is 0 Å². The molecule has 0 N–H and O–H groups in total. The zero-order valence-corrected chi connectivity index (χ0v) is 15.6. The summed E-state index contributed by atoms with van der Waals surface area (Å²) in [6, 6.07) is 14.3. The van der Waals surface area contributed by atoms with Crippen LogP contribution in [0.2, 0.25) is 5.02 Å². The topological polar surface area (TPSA) is 77.7 Å². The number of nitrogens with zero attached hydrogens (tertiary/aromatic N) is 3. The Morgan fingerprint density at radius 3 is 2.81 bits per heavy atom. The van der Waals surface area contributed by atoms with Crippen molar-refractivity contribution < 1.29 is 18.8 Å². The minimum Gasteiger partial charge on any atom is -0.497 e. The molecular formula is C19H18ClN3O4. The second-order valence-electron chi connectivity index (χ2n) is 5.71. The number of carbonyl (C=O) groups is 1. The fourth-order valence-electron chi connectivity index (χ4n) is 2.30. The number of rotatable bonds is 7. The van der Waals surface area contributed by atoms with E-state index in [0.29, 0.717) is 28.2 Å². The number of hydrogen-bond donors (Lipinski definition) is 0. The lowest BCUT2D eigenvalue weighted by Crippen LogP contribution is -2.31. The van der Waals surface area contributed by atoms with Crippen molar-refractivity contribution in [3.63, 3.8) is 0 Å². The molecule has 3 rings (SSSR count). The van der Waals surface area contributed by atoms with Crippen LogP contribution in [0.4, 0.5) is 0 Å². The van der Waals surface area contributed by atoms with Gasteiger partial charge in [0.2, 0.25) is 11.7 Å². The van der Waals surface area contributed by atoms with Crippen molar-refractivity contribution in [2.75, 3.05) is 20.8 Å². The largest absolute Gasteiger partial charge is 0.497 e. The molecule has 1 heterocycles. The Hall–Kier alpha value is -3.06. The molecule has 0 saturated carbocycles. The lowest BCUT2D eigenvalue weighted by molar-refractivity contribution is -0.132. The Kier molecular flexibility index (Phi) is 5.93. The van der Waals surface area contributed by atoms with E-state index in [4.69, 9.17) is 25.6 Å². The van der Waals surface area contributed by atoms with Gasteiger partial charge < -0.3 is 18.9 Å². The van der Waals surface area contributed by atoms with Gasteiger partial charge in [-0.05, 0) is 24.3 Å². The Morgan fingerprint density at radius 1 is 1.22 bits per heavy atom. The Balaban J connectivity index is 1.59. The maximum atomic E-state index is 12.2. The molecule has 0 unspecified atom stereocenters. The van der Waals surface area contributed by atoms with Gasteiger partial charge in [-0.3, -0.25) is 4.79 Å². The second kappa shape index (κ2) is 8.55. The first-order valence-corrected chi connectivity index (χ1v) is 8.53. The molecule has 0 spiro atoms. The molecule has 140 valence electrons. The standard InChI is InChI=1S/C19H18ClN3O4/c1-23(18(24)12-26-16-9-4-3-8-15(16)20)11-17-21-19(22-27-17)13-6-5-7-14(10-13)25-2/h3-10H,11-12H2,1-2H3. The molecule has 27 heavy (non-hydrogen) atoms. The molecule has 0 aliphatic heterocycles. The van der Waals surface area contributed by atoms with E-state index in [-0.39, 0.29) is 19.1 Å². The van der Waals surface area contributed by atoms with Crippen molar-refractivity contribution in [1.29, 1.82) is 0 Å². The van der Waals surface area contributed by atoms with Gasteiger partial charge in [-0.2, -0.15) is 4.98 Å². The van der Waals surface area contributed by atoms with Crippen molar-refractivity contribution in [3.05, 3.63) is 59.4 Å². The normalized spacial score (nSPS) is 10.5. The molecule has 1 amide bonds. The highest BCUT2D eigenvalue weighted by Crippen LogP contribution is 2.23. The molecule has 3 aromatic rings. The fourth-order valence-corrected chi connectivity index (χ4v) is 2.49. The van der Waals surface area contributed by atoms with E-state index in [2.05, 4.69) is 10.1 Å². The summed E-state index contributed by atoms with van der Waals surface area (Å²) in [5.74, 6) is 1.66. The fraction of sp³-hybridized carbons (Fsp3) is 0.211. The molecule has 0 bridgehead atoms. The summed E-state index contributed by atoms with van der Waals surface area (Å²) in [5.41, 5.74) is 0.764. The van der Waals surface area contributed by atoms with E-state index in [0.717, 1.165) is 5.56 Å². The Bertz CT molecular complexity index is 929. The lowest BCUT2D eigenvalue weighted by atomic mass is 10.2. The van der Waals surface area contributed by atoms with Crippen LogP contribution >= 0.6 is 11.6 Å². The lowest BCUT2D eigenvalue weighted by Gasteiger charge is -2.15. The first kappa shape index (κ1) is 18.7. The molecule has 0 saturated heterocycles. The molecule has 0 aliphatic carbocycles. The molecule has 1 aromatic heterocycles. The van der Waals surface area contributed by atoms with Gasteiger partial charge >= 0.3 is 0 Å². The van der Waals surface area contributed by atoms with Gasteiger partial charge in [0.15, 0.2) is 6.61 Å². The molecule has 0 radical (unpaired) electrons. The summed E-state index contributed by atoms with van der Waals surface area (Å²) in [6.07, 6.45) is 0. The van der Waals surface area contributed by atoms with Gasteiger partial charge in [0.05, 0.1) is 18.7 Å². The van der Waals surface area contributed by atoms with Gasteiger partial charge in [-0.1, -0.05) is 41.0 Å². The van der Waals surface area contributed by atoms with E-state index in [9.17, 15) is 4.79 Å². The highest BCUT2D eigenvalue weighted by Gasteiger charge is 2.16. The number of para-hydroxylation sites is 1. The van der Waals surface area contributed by atoms with Crippen LogP contribution in [0.5, 0.6) is 11.5 Å². The van der Waals surface area contributed by atoms with Gasteiger partial charge in [0, 0.05) is 12.6 Å². The van der Waals surface area contributed by atoms with Gasteiger partial charge in [0.25, 0.3) is 5.91 Å². The maximum absolute atomic E-state index is 12.2. The number of hydrogen-bond acceptors (Lipinski definition) is 6. The van der Waals surface area contributed by atoms with Crippen LogP contribution in [0, 0.1) is 0 Å². The van der Waals surface area contributed by atoms with Crippen molar-refractivity contribution in [2.45, 2.75) is 6.54 Å². The van der Waals surface area contributed by atoms with E-state index in [1.165, 1.54) is 4.90 Å². The molecule has 0 atom stereocenters.